The monoisotopic (exact) mass is 1300 g/mol. The van der Waals surface area contributed by atoms with Crippen LogP contribution in [0.1, 0.15) is 470 Å². The van der Waals surface area contributed by atoms with E-state index in [9.17, 15) is 30.3 Å². The van der Waals surface area contributed by atoms with E-state index in [0.29, 0.717) is 12.8 Å². The van der Waals surface area contributed by atoms with Crippen molar-refractivity contribution in [1.29, 1.82) is 0 Å². The third kappa shape index (κ3) is 60.4. The number of hydrogen-bond acceptors (Lipinski definition) is 8. The van der Waals surface area contributed by atoms with Crippen molar-refractivity contribution in [1.82, 2.24) is 5.32 Å². The van der Waals surface area contributed by atoms with Crippen molar-refractivity contribution in [2.24, 2.45) is 0 Å². The molecule has 0 aromatic carbocycles. The Morgan fingerprint density at radius 2 is 0.543 bits per heavy atom. The molecule has 550 valence electrons. The second kappa shape index (κ2) is 72.9. The Bertz CT molecular complexity index is 1420. The summed E-state index contributed by atoms with van der Waals surface area (Å²) in [6.45, 7) is 3.93. The lowest BCUT2D eigenvalue weighted by molar-refractivity contribution is -0.302. The van der Waals surface area contributed by atoms with E-state index in [-0.39, 0.29) is 12.5 Å². The minimum atomic E-state index is -1.55. The fraction of sp³-hybridized carbons (Fsp3) is 0.988. The average molecular weight is 1310 g/mol. The maximum absolute atomic E-state index is 13.2. The molecule has 7 unspecified atom stereocenters. The first-order valence-corrected chi connectivity index (χ1v) is 42.2. The number of rotatable bonds is 77. The predicted molar refractivity (Wildman–Crippen MR) is 397 cm³/mol. The largest absolute Gasteiger partial charge is 0.394 e. The molecule has 0 bridgehead atoms. The van der Waals surface area contributed by atoms with Gasteiger partial charge in [0.1, 0.15) is 24.4 Å². The molecule has 0 aliphatic carbocycles. The number of hydrogen-bond donors (Lipinski definition) is 6. The first kappa shape index (κ1) is 89.2. The van der Waals surface area contributed by atoms with E-state index >= 15 is 0 Å². The lowest BCUT2D eigenvalue weighted by Crippen LogP contribution is -2.60. The molecule has 92 heavy (non-hydrogen) atoms. The zero-order valence-corrected chi connectivity index (χ0v) is 62.1. The van der Waals surface area contributed by atoms with Crippen molar-refractivity contribution >= 4 is 5.91 Å². The van der Waals surface area contributed by atoms with E-state index in [2.05, 4.69) is 19.2 Å². The molecule has 7 atom stereocenters. The third-order valence-electron chi connectivity index (χ3n) is 21.0. The third-order valence-corrected chi connectivity index (χ3v) is 21.0. The number of carbonyl (C=O) groups excluding carboxylic acids is 1. The van der Waals surface area contributed by atoms with Crippen LogP contribution in [0.15, 0.2) is 0 Å². The summed E-state index contributed by atoms with van der Waals surface area (Å²) in [5.41, 5.74) is 0. The van der Waals surface area contributed by atoms with Gasteiger partial charge in [-0.05, 0) is 12.8 Å². The molecule has 1 heterocycles. The van der Waals surface area contributed by atoms with E-state index in [1.54, 1.807) is 0 Å². The van der Waals surface area contributed by atoms with Crippen LogP contribution in [-0.2, 0) is 14.3 Å². The number of carbonyl (C=O) groups is 1. The van der Waals surface area contributed by atoms with Crippen molar-refractivity contribution < 1.29 is 39.8 Å². The van der Waals surface area contributed by atoms with Gasteiger partial charge in [-0.1, -0.05) is 450 Å². The lowest BCUT2D eigenvalue weighted by atomic mass is 9.99. The van der Waals surface area contributed by atoms with Crippen molar-refractivity contribution in [3.8, 4) is 0 Å². The smallest absolute Gasteiger partial charge is 0.220 e. The van der Waals surface area contributed by atoms with Gasteiger partial charge >= 0.3 is 0 Å². The molecule has 1 rings (SSSR count). The van der Waals surface area contributed by atoms with Crippen molar-refractivity contribution in [2.75, 3.05) is 13.2 Å². The normalized spacial score (nSPS) is 17.5. The molecular weight excluding hydrogens is 1140 g/mol. The molecule has 6 N–H and O–H groups in total. The quantitative estimate of drug-likeness (QED) is 0.0330. The van der Waals surface area contributed by atoms with Crippen LogP contribution in [0.2, 0.25) is 0 Å². The van der Waals surface area contributed by atoms with Crippen LogP contribution in [0.4, 0.5) is 0 Å². The summed E-state index contributed by atoms with van der Waals surface area (Å²) in [7, 11) is 0. The van der Waals surface area contributed by atoms with Crippen LogP contribution >= 0.6 is 0 Å². The standard InChI is InChI=1S/C83H165NO8/c1-3-5-7-9-11-13-15-17-19-21-23-25-27-29-31-33-35-36-37-38-39-40-41-42-43-45-47-49-51-53-55-57-59-61-63-65-67-69-71-73-79(87)84-76(75-91-83-82(90)81(89)80(88)78(74-85)92-83)77(86)72-70-68-66-64-62-60-58-56-54-52-50-48-46-44-34-32-30-28-26-24-22-20-18-16-14-12-10-8-6-4-2/h76-78,80-83,85-86,88-90H,3-75H2,1-2H3,(H,84,87). The van der Waals surface area contributed by atoms with Gasteiger partial charge in [-0.2, -0.15) is 0 Å². The summed E-state index contributed by atoms with van der Waals surface area (Å²) >= 11 is 0. The average Bonchev–Trinajstić information content (AvgIpc) is 1.45. The number of nitrogens with one attached hydrogen (secondary N) is 1. The molecule has 9 nitrogen and oxygen atoms in total. The van der Waals surface area contributed by atoms with Gasteiger partial charge in [0, 0.05) is 6.42 Å². The van der Waals surface area contributed by atoms with Crippen molar-refractivity contribution in [3.05, 3.63) is 0 Å². The van der Waals surface area contributed by atoms with Gasteiger partial charge in [0.2, 0.25) is 5.91 Å². The first-order valence-electron chi connectivity index (χ1n) is 42.2. The molecular formula is C83H165NO8. The molecule has 1 fully saturated rings. The number of ether oxygens (including phenoxy) is 2. The maximum atomic E-state index is 13.2. The van der Waals surface area contributed by atoms with E-state index < -0.39 is 49.5 Å². The van der Waals surface area contributed by atoms with Crippen LogP contribution in [0, 0.1) is 0 Å². The van der Waals surface area contributed by atoms with Gasteiger partial charge in [-0.3, -0.25) is 4.79 Å². The highest BCUT2D eigenvalue weighted by Gasteiger charge is 2.44. The zero-order chi connectivity index (χ0) is 66.4. The summed E-state index contributed by atoms with van der Waals surface area (Å²) in [6.07, 6.45) is 88.2. The SMILES string of the molecule is CCCCCCCCCCCCCCCCCCCCCCCCCCCCCCCCCCCCCCCCCC(=O)NC(COC1OC(CO)C(O)C(O)C1O)C(O)CCCCCCCCCCCCCCCCCCCCCCCCCCCCCCCC. The summed E-state index contributed by atoms with van der Waals surface area (Å²) in [5.74, 6) is -0.131. The molecule has 0 radical (unpaired) electrons. The van der Waals surface area contributed by atoms with Gasteiger partial charge in [0.25, 0.3) is 0 Å². The minimum Gasteiger partial charge on any atom is -0.394 e. The fourth-order valence-electron chi connectivity index (χ4n) is 14.4. The van der Waals surface area contributed by atoms with Crippen LogP contribution < -0.4 is 5.32 Å². The summed E-state index contributed by atoms with van der Waals surface area (Å²) in [6, 6.07) is -0.716. The second-order valence-corrected chi connectivity index (χ2v) is 30.0. The molecule has 0 saturated carbocycles. The van der Waals surface area contributed by atoms with Crippen LogP contribution in [-0.4, -0.2) is 87.5 Å². The zero-order valence-electron chi connectivity index (χ0n) is 62.1. The topological polar surface area (TPSA) is 149 Å². The van der Waals surface area contributed by atoms with Gasteiger partial charge in [0.15, 0.2) is 6.29 Å². The Labute approximate surface area is 574 Å². The highest BCUT2D eigenvalue weighted by Crippen LogP contribution is 2.25. The maximum Gasteiger partial charge on any atom is 0.220 e. The molecule has 0 spiro atoms. The first-order chi connectivity index (χ1) is 45.3. The van der Waals surface area contributed by atoms with Gasteiger partial charge < -0.3 is 40.3 Å². The van der Waals surface area contributed by atoms with E-state index in [1.165, 1.54) is 405 Å². The number of aliphatic hydroxyl groups is 5. The Hall–Kier alpha value is -0.810. The van der Waals surface area contributed by atoms with Crippen LogP contribution in [0.25, 0.3) is 0 Å². The van der Waals surface area contributed by atoms with Gasteiger partial charge in [0.05, 0.1) is 25.4 Å². The van der Waals surface area contributed by atoms with E-state index in [1.807, 2.05) is 0 Å². The van der Waals surface area contributed by atoms with Gasteiger partial charge in [-0.25, -0.2) is 0 Å². The second-order valence-electron chi connectivity index (χ2n) is 30.0. The minimum absolute atomic E-state index is 0.130. The molecule has 1 aliphatic rings. The van der Waals surface area contributed by atoms with E-state index in [4.69, 9.17) is 9.47 Å². The fourth-order valence-corrected chi connectivity index (χ4v) is 14.4. The Kier molecular flexibility index (Phi) is 70.7. The number of amides is 1. The summed E-state index contributed by atoms with van der Waals surface area (Å²) in [5, 5.41) is 55.1. The molecule has 1 aliphatic heterocycles. The van der Waals surface area contributed by atoms with E-state index in [0.717, 1.165) is 38.5 Å². The highest BCUT2D eigenvalue weighted by molar-refractivity contribution is 5.76. The highest BCUT2D eigenvalue weighted by atomic mass is 16.7. The molecule has 9 heteroatoms. The van der Waals surface area contributed by atoms with Gasteiger partial charge in [-0.15, -0.1) is 0 Å². The summed E-state index contributed by atoms with van der Waals surface area (Å²) < 4.78 is 11.4. The Morgan fingerprint density at radius 1 is 0.326 bits per heavy atom. The summed E-state index contributed by atoms with van der Waals surface area (Å²) in [4.78, 5) is 13.2. The van der Waals surface area contributed by atoms with Crippen molar-refractivity contribution in [2.45, 2.75) is 513 Å². The lowest BCUT2D eigenvalue weighted by Gasteiger charge is -2.40. The molecule has 0 aromatic rings. The Morgan fingerprint density at radius 3 is 0.772 bits per heavy atom. The predicted octanol–water partition coefficient (Wildman–Crippen LogP) is 24.4. The van der Waals surface area contributed by atoms with Crippen molar-refractivity contribution in [3.63, 3.8) is 0 Å². The molecule has 0 aromatic heterocycles. The molecule has 1 amide bonds. The number of unbranched alkanes of at least 4 members (excludes halogenated alkanes) is 67. The van der Waals surface area contributed by atoms with Crippen LogP contribution in [0.3, 0.4) is 0 Å². The Balaban J connectivity index is 2.01. The molecule has 1 saturated heterocycles. The van der Waals surface area contributed by atoms with Crippen LogP contribution in [0.5, 0.6) is 0 Å². The number of aliphatic hydroxyl groups excluding tert-OH is 5.